The second-order valence-corrected chi connectivity index (χ2v) is 7.85. The number of carboxylic acids is 1. The molecule has 0 aromatic heterocycles. The number of rotatable bonds is 6. The lowest BCUT2D eigenvalue weighted by Gasteiger charge is -2.35. The van der Waals surface area contributed by atoms with Gasteiger partial charge in [0.15, 0.2) is 0 Å². The fourth-order valence-corrected chi connectivity index (χ4v) is 4.46. The van der Waals surface area contributed by atoms with Gasteiger partial charge in [0.25, 0.3) is 0 Å². The highest BCUT2D eigenvalue weighted by Gasteiger charge is 2.43. The van der Waals surface area contributed by atoms with Crippen molar-refractivity contribution in [2.75, 3.05) is 13.2 Å². The second-order valence-electron chi connectivity index (χ2n) is 5.96. The minimum atomic E-state index is -4.92. The maximum atomic E-state index is 12.9. The van der Waals surface area contributed by atoms with Crippen LogP contribution in [0.3, 0.4) is 0 Å². The number of aliphatic carboxylic acids is 1. The van der Waals surface area contributed by atoms with E-state index >= 15 is 0 Å². The van der Waals surface area contributed by atoms with Crippen LogP contribution in [-0.2, 0) is 24.3 Å². The molecule has 1 N–H and O–H groups in total. The smallest absolute Gasteiger partial charge is 0.481 e. The number of alkyl halides is 3. The molecule has 0 unspecified atom stereocenters. The number of piperidine rings is 1. The van der Waals surface area contributed by atoms with Crippen LogP contribution in [0.5, 0.6) is 5.75 Å². The Morgan fingerprint density at radius 3 is 2.36 bits per heavy atom. The first kappa shape index (κ1) is 22.0. The average molecular weight is 425 g/mol. The van der Waals surface area contributed by atoms with Crippen LogP contribution in [0.4, 0.5) is 13.2 Å². The Morgan fingerprint density at radius 1 is 1.25 bits per heavy atom. The zero-order valence-electron chi connectivity index (χ0n) is 14.7. The van der Waals surface area contributed by atoms with E-state index < -0.39 is 46.0 Å². The summed E-state index contributed by atoms with van der Waals surface area (Å²) >= 11 is 0. The number of nitrogens with zero attached hydrogens (tertiary/aromatic N) is 1. The molecule has 1 heterocycles. The molecule has 2 rings (SSSR count). The minimum Gasteiger partial charge on any atom is -0.481 e. The molecule has 1 aromatic carbocycles. The van der Waals surface area contributed by atoms with Gasteiger partial charge in [0, 0.05) is 6.54 Å². The first-order valence-corrected chi connectivity index (χ1v) is 9.66. The Hall–Kier alpha value is -2.34. The summed E-state index contributed by atoms with van der Waals surface area (Å²) in [7, 11) is -4.28. The maximum absolute atomic E-state index is 12.9. The van der Waals surface area contributed by atoms with Crippen LogP contribution in [0.2, 0.25) is 0 Å². The highest BCUT2D eigenvalue weighted by molar-refractivity contribution is 7.89. The van der Waals surface area contributed by atoms with Crippen molar-refractivity contribution in [3.63, 3.8) is 0 Å². The van der Waals surface area contributed by atoms with Gasteiger partial charge in [-0.2, -0.15) is 4.31 Å². The molecule has 1 aliphatic rings. The first-order valence-electron chi connectivity index (χ1n) is 8.22. The molecule has 0 radical (unpaired) electrons. The Kier molecular flexibility index (Phi) is 6.55. The topological polar surface area (TPSA) is 110 Å². The van der Waals surface area contributed by atoms with Gasteiger partial charge in [0.2, 0.25) is 10.0 Å². The Labute approximate surface area is 158 Å². The molecule has 0 spiro atoms. The second kappa shape index (κ2) is 8.35. The number of sulfonamides is 1. The summed E-state index contributed by atoms with van der Waals surface area (Å²) < 4.78 is 71.9. The van der Waals surface area contributed by atoms with E-state index in [1.165, 1.54) is 6.92 Å². The van der Waals surface area contributed by atoms with E-state index in [4.69, 9.17) is 4.74 Å². The molecule has 1 aliphatic heterocycles. The number of carbonyl (C=O) groups excluding carboxylic acids is 1. The first-order chi connectivity index (χ1) is 13.0. The molecular weight excluding hydrogens is 407 g/mol. The van der Waals surface area contributed by atoms with Gasteiger partial charge < -0.3 is 14.6 Å². The lowest BCUT2D eigenvalue weighted by molar-refractivity contribution is -0.274. The Balaban J connectivity index is 2.30. The van der Waals surface area contributed by atoms with Crippen molar-refractivity contribution < 1.29 is 45.8 Å². The van der Waals surface area contributed by atoms with Crippen molar-refractivity contribution in [2.45, 2.75) is 37.1 Å². The molecule has 0 aliphatic carbocycles. The summed E-state index contributed by atoms with van der Waals surface area (Å²) in [6.07, 6.45) is -5.20. The molecule has 0 amide bonds. The van der Waals surface area contributed by atoms with Crippen molar-refractivity contribution >= 4 is 22.0 Å². The third kappa shape index (κ3) is 5.13. The number of carbonyl (C=O) groups is 2. The monoisotopic (exact) mass is 425 g/mol. The zero-order valence-corrected chi connectivity index (χ0v) is 15.5. The van der Waals surface area contributed by atoms with E-state index in [1.807, 2.05) is 0 Å². The highest BCUT2D eigenvalue weighted by Crippen LogP contribution is 2.31. The molecule has 8 nitrogen and oxygen atoms in total. The van der Waals surface area contributed by atoms with Crippen molar-refractivity contribution in [3.05, 3.63) is 24.3 Å². The zero-order chi connectivity index (χ0) is 21.1. The summed E-state index contributed by atoms with van der Waals surface area (Å²) in [5, 5.41) is 9.17. The fourth-order valence-electron chi connectivity index (χ4n) is 2.86. The maximum Gasteiger partial charge on any atom is 0.573 e. The Morgan fingerprint density at radius 2 is 1.86 bits per heavy atom. The molecule has 0 bridgehead atoms. The summed E-state index contributed by atoms with van der Waals surface area (Å²) in [6.45, 7) is 1.25. The summed E-state index contributed by atoms with van der Waals surface area (Å²) in [6, 6.07) is 2.17. The number of hydrogen-bond donors (Lipinski definition) is 1. The van der Waals surface area contributed by atoms with E-state index in [1.54, 1.807) is 0 Å². The lowest BCUT2D eigenvalue weighted by atomic mass is 9.92. The molecular formula is C16H18F3NO7S. The number of halogens is 3. The molecule has 156 valence electrons. The van der Waals surface area contributed by atoms with Gasteiger partial charge in [-0.3, -0.25) is 9.59 Å². The number of benzene rings is 1. The van der Waals surface area contributed by atoms with Gasteiger partial charge in [-0.25, -0.2) is 8.42 Å². The number of carboxylic acid groups (broad SMARTS) is 1. The number of hydrogen-bond acceptors (Lipinski definition) is 6. The van der Waals surface area contributed by atoms with Crippen molar-refractivity contribution in [1.29, 1.82) is 0 Å². The third-order valence-electron chi connectivity index (χ3n) is 4.13. The van der Waals surface area contributed by atoms with Crippen molar-refractivity contribution in [3.8, 4) is 5.75 Å². The van der Waals surface area contributed by atoms with Gasteiger partial charge in [-0.1, -0.05) is 0 Å². The SMILES string of the molecule is CCOC(=O)[C@H]1C[C@H](C(=O)O)CCN1S(=O)(=O)c1ccc(OC(F)(F)F)cc1. The summed E-state index contributed by atoms with van der Waals surface area (Å²) in [5.41, 5.74) is 0. The molecule has 2 atom stereocenters. The average Bonchev–Trinajstić information content (AvgIpc) is 2.60. The molecule has 1 fully saturated rings. The van der Waals surface area contributed by atoms with Crippen molar-refractivity contribution in [1.82, 2.24) is 4.31 Å². The predicted octanol–water partition coefficient (Wildman–Crippen LogP) is 2.00. The lowest BCUT2D eigenvalue weighted by Crippen LogP contribution is -2.51. The molecule has 12 heteroatoms. The predicted molar refractivity (Wildman–Crippen MR) is 87.8 cm³/mol. The van der Waals surface area contributed by atoms with Crippen LogP contribution in [-0.4, -0.2) is 55.3 Å². The molecule has 1 saturated heterocycles. The number of ether oxygens (including phenoxy) is 2. The van der Waals surface area contributed by atoms with Gasteiger partial charge in [0.05, 0.1) is 17.4 Å². The fraction of sp³-hybridized carbons (Fsp3) is 0.500. The van der Waals surface area contributed by atoms with Gasteiger partial charge in [-0.15, -0.1) is 13.2 Å². The van der Waals surface area contributed by atoms with Crippen LogP contribution in [0.1, 0.15) is 19.8 Å². The molecule has 0 saturated carbocycles. The number of esters is 1. The summed E-state index contributed by atoms with van der Waals surface area (Å²) in [5.74, 6) is -3.55. The van der Waals surface area contributed by atoms with E-state index in [2.05, 4.69) is 4.74 Å². The van der Waals surface area contributed by atoms with Gasteiger partial charge in [-0.05, 0) is 44.0 Å². The van der Waals surface area contributed by atoms with Crippen LogP contribution in [0.15, 0.2) is 29.2 Å². The van der Waals surface area contributed by atoms with Gasteiger partial charge >= 0.3 is 18.3 Å². The highest BCUT2D eigenvalue weighted by atomic mass is 32.2. The van der Waals surface area contributed by atoms with Gasteiger partial charge in [0.1, 0.15) is 11.8 Å². The quantitative estimate of drug-likeness (QED) is 0.694. The van der Waals surface area contributed by atoms with Crippen LogP contribution < -0.4 is 4.74 Å². The standard InChI is InChI=1S/C16H18F3NO7S/c1-2-26-15(23)13-9-10(14(21)22)7-8-20(13)28(24,25)12-5-3-11(4-6-12)27-16(17,18)19/h3-6,10,13H,2,7-9H2,1H3,(H,21,22)/t10-,13-/m1/s1. The van der Waals surface area contributed by atoms with Crippen LogP contribution in [0.25, 0.3) is 0 Å². The van der Waals surface area contributed by atoms with E-state index in [0.29, 0.717) is 0 Å². The molecule has 28 heavy (non-hydrogen) atoms. The van der Waals surface area contributed by atoms with Crippen LogP contribution in [0, 0.1) is 5.92 Å². The minimum absolute atomic E-state index is 0.0142. The van der Waals surface area contributed by atoms with E-state index in [0.717, 1.165) is 28.6 Å². The normalized spacial score (nSPS) is 21.1. The Bertz CT molecular complexity index is 824. The van der Waals surface area contributed by atoms with Crippen LogP contribution >= 0.6 is 0 Å². The molecule has 1 aromatic rings. The van der Waals surface area contributed by atoms with E-state index in [-0.39, 0.29) is 30.9 Å². The largest absolute Gasteiger partial charge is 0.573 e. The van der Waals surface area contributed by atoms with E-state index in [9.17, 15) is 36.3 Å². The van der Waals surface area contributed by atoms with Crippen molar-refractivity contribution in [2.24, 2.45) is 5.92 Å². The third-order valence-corrected chi connectivity index (χ3v) is 6.05. The summed E-state index contributed by atoms with van der Waals surface area (Å²) in [4.78, 5) is 23.1.